The molecule has 166 valence electrons. The van der Waals surface area contributed by atoms with Gasteiger partial charge in [0.05, 0.1) is 16.5 Å². The van der Waals surface area contributed by atoms with Crippen LogP contribution in [0.15, 0.2) is 63.8 Å². The zero-order chi connectivity index (χ0) is 22.7. The smallest absolute Gasteiger partial charge is 0.304 e. The van der Waals surface area contributed by atoms with Gasteiger partial charge in [0.1, 0.15) is 0 Å². The van der Waals surface area contributed by atoms with E-state index in [1.807, 2.05) is 24.3 Å². The molecule has 0 saturated carbocycles. The Kier molecular flexibility index (Phi) is 9.10. The van der Waals surface area contributed by atoms with E-state index in [9.17, 15) is 13.2 Å². The van der Waals surface area contributed by atoms with E-state index in [0.29, 0.717) is 11.3 Å². The molecule has 31 heavy (non-hydrogen) atoms. The number of nitrogens with one attached hydrogen (secondary N) is 3. The molecule has 0 heterocycles. The predicted molar refractivity (Wildman–Crippen MR) is 117 cm³/mol. The molecule has 0 aliphatic rings. The highest BCUT2D eigenvalue weighted by molar-refractivity contribution is 7.89. The first-order valence-corrected chi connectivity index (χ1v) is 11.2. The number of nitrogens with zero attached hydrogens (tertiary/aromatic N) is 2. The molecule has 0 fully saturated rings. The van der Waals surface area contributed by atoms with Gasteiger partial charge in [0.25, 0.3) is 0 Å². The fourth-order valence-electron chi connectivity index (χ4n) is 2.45. The largest absolute Gasteiger partial charge is 0.481 e. The number of anilines is 1. The third kappa shape index (κ3) is 8.15. The van der Waals surface area contributed by atoms with Gasteiger partial charge in [-0.1, -0.05) is 13.3 Å². The summed E-state index contributed by atoms with van der Waals surface area (Å²) in [5.41, 5.74) is 8.12. The molecule has 2 aromatic rings. The third-order valence-electron chi connectivity index (χ3n) is 4.17. The van der Waals surface area contributed by atoms with Crippen LogP contribution in [-0.4, -0.2) is 38.4 Å². The second-order valence-electron chi connectivity index (χ2n) is 6.62. The summed E-state index contributed by atoms with van der Waals surface area (Å²) in [7, 11) is -3.79. The van der Waals surface area contributed by atoms with Gasteiger partial charge in [-0.2, -0.15) is 5.10 Å². The number of amidine groups is 1. The van der Waals surface area contributed by atoms with Crippen molar-refractivity contribution in [1.29, 1.82) is 0 Å². The van der Waals surface area contributed by atoms with Crippen LogP contribution in [0.4, 0.5) is 11.4 Å². The van der Waals surface area contributed by atoms with Gasteiger partial charge in [0.15, 0.2) is 5.69 Å². The number of carbonyl (C=O) groups is 1. The van der Waals surface area contributed by atoms with Crippen LogP contribution in [0.1, 0.15) is 31.7 Å². The minimum Gasteiger partial charge on any atom is -0.481 e. The number of nitrogens with two attached hydrogens (primary N) is 1. The van der Waals surface area contributed by atoms with E-state index in [2.05, 4.69) is 32.4 Å². The molecule has 0 bridgehead atoms. The highest BCUT2D eigenvalue weighted by Crippen LogP contribution is 2.16. The van der Waals surface area contributed by atoms with E-state index in [1.54, 1.807) is 0 Å². The van der Waals surface area contributed by atoms with Gasteiger partial charge in [-0.25, -0.2) is 13.1 Å². The van der Waals surface area contributed by atoms with Gasteiger partial charge in [-0.3, -0.25) is 4.79 Å². The van der Waals surface area contributed by atoms with Gasteiger partial charge in [-0.05, 0) is 55.0 Å². The molecular formula is C20H27N6O4S+. The maximum Gasteiger partial charge on any atom is 0.304 e. The topological polar surface area (TPSA) is 160 Å². The normalized spacial score (nSPS) is 12.2. The number of nitrogen functional groups attached to an aromatic ring is 1. The van der Waals surface area contributed by atoms with E-state index >= 15 is 0 Å². The summed E-state index contributed by atoms with van der Waals surface area (Å²) >= 11 is 0. The molecule has 0 amide bonds. The Bertz CT molecular complexity index is 1020. The molecule has 11 heteroatoms. The molecular weight excluding hydrogens is 420 g/mol. The van der Waals surface area contributed by atoms with E-state index in [4.69, 9.17) is 10.8 Å². The van der Waals surface area contributed by atoms with Crippen molar-refractivity contribution < 1.29 is 23.4 Å². The molecule has 0 radical (unpaired) electrons. The first kappa shape index (κ1) is 24.0. The molecule has 0 saturated heterocycles. The number of sulfonamides is 1. The lowest BCUT2D eigenvalue weighted by Crippen LogP contribution is -2.69. The van der Waals surface area contributed by atoms with Gasteiger partial charge >= 0.3 is 5.97 Å². The van der Waals surface area contributed by atoms with E-state index < -0.39 is 16.0 Å². The molecule has 0 aliphatic heterocycles. The van der Waals surface area contributed by atoms with Crippen molar-refractivity contribution in [2.75, 3.05) is 18.4 Å². The summed E-state index contributed by atoms with van der Waals surface area (Å²) in [5.74, 6) is -0.885. The van der Waals surface area contributed by atoms with Crippen molar-refractivity contribution in [3.63, 3.8) is 0 Å². The van der Waals surface area contributed by atoms with Crippen molar-refractivity contribution in [3.8, 4) is 0 Å². The lowest BCUT2D eigenvalue weighted by molar-refractivity contribution is -0.472. The van der Waals surface area contributed by atoms with Gasteiger partial charge < -0.3 is 16.2 Å². The number of hydrogen-bond donors (Lipinski definition) is 5. The van der Waals surface area contributed by atoms with E-state index in [1.165, 1.54) is 24.3 Å². The zero-order valence-corrected chi connectivity index (χ0v) is 18.0. The fourth-order valence-corrected chi connectivity index (χ4v) is 3.48. The second kappa shape index (κ2) is 11.8. The van der Waals surface area contributed by atoms with Crippen molar-refractivity contribution >= 4 is 33.2 Å². The molecule has 0 aromatic heterocycles. The number of carboxylic acids is 1. The molecule has 10 nitrogen and oxygen atoms in total. The molecule has 0 spiro atoms. The first-order chi connectivity index (χ1) is 14.8. The van der Waals surface area contributed by atoms with Crippen LogP contribution in [-0.2, 0) is 14.8 Å². The number of carboxylic acid groups (broad SMARTS) is 1. The average molecular weight is 448 g/mol. The lowest BCUT2D eigenvalue weighted by Gasteiger charge is -2.05. The van der Waals surface area contributed by atoms with Crippen LogP contribution in [0.25, 0.3) is 0 Å². The Morgan fingerprint density at radius 2 is 1.77 bits per heavy atom. The summed E-state index contributed by atoms with van der Waals surface area (Å²) in [4.78, 5) is 10.5. The maximum absolute atomic E-state index is 12.1. The summed E-state index contributed by atoms with van der Waals surface area (Å²) in [6.07, 6.45) is 1.94. The summed E-state index contributed by atoms with van der Waals surface area (Å²) in [6.45, 7) is 2.87. The van der Waals surface area contributed by atoms with Crippen LogP contribution in [0.5, 0.6) is 0 Å². The number of benzene rings is 2. The van der Waals surface area contributed by atoms with Crippen LogP contribution < -0.4 is 20.9 Å². The van der Waals surface area contributed by atoms with Crippen LogP contribution in [0.2, 0.25) is 0 Å². The van der Waals surface area contributed by atoms with E-state index in [-0.39, 0.29) is 23.7 Å². The first-order valence-electron chi connectivity index (χ1n) is 9.77. The number of aliphatic carboxylic acids is 1. The third-order valence-corrected chi connectivity index (χ3v) is 5.65. The van der Waals surface area contributed by atoms with Crippen molar-refractivity contribution in [2.45, 2.75) is 31.1 Å². The SMILES string of the molecule is CCCCNc1ccc(N=N/[NH+]=C(\N)c2ccc(S(=O)(=O)NCCC(=O)O)cc2)cc1. The highest BCUT2D eigenvalue weighted by atomic mass is 32.2. The molecule has 0 aliphatic carbocycles. The minimum atomic E-state index is -3.79. The Hall–Kier alpha value is -3.31. The van der Waals surface area contributed by atoms with Crippen LogP contribution in [0.3, 0.4) is 0 Å². The Morgan fingerprint density at radius 1 is 1.10 bits per heavy atom. The molecule has 6 N–H and O–H groups in total. The quantitative estimate of drug-likeness (QED) is 0.108. The average Bonchev–Trinajstić information content (AvgIpc) is 2.74. The van der Waals surface area contributed by atoms with Gasteiger partial charge in [0.2, 0.25) is 15.9 Å². The standard InChI is InChI=1S/C20H26N6O4S/c1-2-3-13-22-16-6-8-17(9-7-16)24-26-25-20(21)15-4-10-18(11-5-15)31(29,30)23-14-12-19(27)28/h4-11,22-23H,2-3,12-14H2,1H3,(H,27,28)(H2,21,24,25)/p+1. The Balaban J connectivity index is 1.96. The predicted octanol–water partition coefficient (Wildman–Crippen LogP) is 1.14. The minimum absolute atomic E-state index is 0.00343. The van der Waals surface area contributed by atoms with Crippen molar-refractivity contribution in [2.24, 2.45) is 16.1 Å². The Morgan fingerprint density at radius 3 is 2.39 bits per heavy atom. The number of rotatable bonds is 12. The summed E-state index contributed by atoms with van der Waals surface area (Å²) in [5, 5.41) is 22.4. The fraction of sp³-hybridized carbons (Fsp3) is 0.300. The Labute approximate surface area is 181 Å². The van der Waals surface area contributed by atoms with Crippen LogP contribution >= 0.6 is 0 Å². The molecule has 0 unspecified atom stereocenters. The number of unbranched alkanes of at least 4 members (excludes halogenated alkanes) is 1. The monoisotopic (exact) mass is 447 g/mol. The molecule has 0 atom stereocenters. The van der Waals surface area contributed by atoms with Crippen molar-refractivity contribution in [1.82, 2.24) is 4.72 Å². The maximum atomic E-state index is 12.1. The molecule has 2 aromatic carbocycles. The molecule has 2 rings (SSSR count). The van der Waals surface area contributed by atoms with Crippen LogP contribution in [0, 0.1) is 0 Å². The lowest BCUT2D eigenvalue weighted by atomic mass is 10.2. The summed E-state index contributed by atoms with van der Waals surface area (Å²) < 4.78 is 26.5. The highest BCUT2D eigenvalue weighted by Gasteiger charge is 2.14. The van der Waals surface area contributed by atoms with Gasteiger partial charge in [0, 0.05) is 29.5 Å². The van der Waals surface area contributed by atoms with E-state index in [0.717, 1.165) is 25.1 Å². The van der Waals surface area contributed by atoms with Gasteiger partial charge in [-0.15, -0.1) is 0 Å². The number of hydrogen-bond acceptors (Lipinski definition) is 6. The van der Waals surface area contributed by atoms with Crippen molar-refractivity contribution in [3.05, 3.63) is 54.1 Å². The summed E-state index contributed by atoms with van der Waals surface area (Å²) in [6, 6.07) is 13.3. The zero-order valence-electron chi connectivity index (χ0n) is 17.2. The second-order valence-corrected chi connectivity index (χ2v) is 8.39.